The van der Waals surface area contributed by atoms with Crippen molar-refractivity contribution in [1.82, 2.24) is 0 Å². The van der Waals surface area contributed by atoms with Crippen LogP contribution in [0.3, 0.4) is 0 Å². The molecule has 0 amide bonds. The average molecular weight is 310 g/mol. The average Bonchev–Trinajstić information content (AvgIpc) is 2.52. The summed E-state index contributed by atoms with van der Waals surface area (Å²) in [6.07, 6.45) is 24.9. The molecule has 0 heterocycles. The van der Waals surface area contributed by atoms with Gasteiger partial charge in [-0.1, -0.05) is 82.6 Å². The minimum atomic E-state index is 0.167. The van der Waals surface area contributed by atoms with Gasteiger partial charge in [0.1, 0.15) is 0 Å². The molecule has 0 aliphatic heterocycles. The zero-order chi connectivity index (χ0) is 16.3. The summed E-state index contributed by atoms with van der Waals surface area (Å²) in [7, 11) is 0. The van der Waals surface area contributed by atoms with Gasteiger partial charge in [-0.15, -0.1) is 0 Å². The van der Waals surface area contributed by atoms with E-state index >= 15 is 0 Å². The molecule has 1 unspecified atom stereocenters. The minimum Gasteiger partial charge on any atom is -0.392 e. The van der Waals surface area contributed by atoms with Gasteiger partial charge in [-0.2, -0.15) is 0 Å². The first-order valence-electron chi connectivity index (χ1n) is 9.49. The molecule has 2 nitrogen and oxygen atoms in total. The number of nitrogens with two attached hydrogens (primary N) is 1. The molecule has 0 fully saturated rings. The summed E-state index contributed by atoms with van der Waals surface area (Å²) < 4.78 is 0. The molecule has 2 heteroatoms. The molecule has 0 saturated heterocycles. The lowest BCUT2D eigenvalue weighted by atomic mass is 10.1. The minimum absolute atomic E-state index is 0.167. The molecule has 0 rings (SSSR count). The molecule has 1 atom stereocenters. The van der Waals surface area contributed by atoms with Gasteiger partial charge in [0.15, 0.2) is 0 Å². The second-order valence-electron chi connectivity index (χ2n) is 6.29. The number of unbranched alkanes of at least 4 members (excludes halogenated alkanes) is 10. The summed E-state index contributed by atoms with van der Waals surface area (Å²) in [6.45, 7) is 2.43. The van der Waals surface area contributed by atoms with Crippen LogP contribution in [-0.2, 0) is 0 Å². The molecular formula is C20H39NO. The van der Waals surface area contributed by atoms with Crippen LogP contribution < -0.4 is 5.73 Å². The van der Waals surface area contributed by atoms with E-state index in [-0.39, 0.29) is 12.6 Å². The Hall–Kier alpha value is -0.600. The Morgan fingerprint density at radius 1 is 0.773 bits per heavy atom. The van der Waals surface area contributed by atoms with Crippen molar-refractivity contribution in [1.29, 1.82) is 0 Å². The lowest BCUT2D eigenvalue weighted by Crippen LogP contribution is -2.16. The van der Waals surface area contributed by atoms with Crippen molar-refractivity contribution in [3.8, 4) is 0 Å². The largest absolute Gasteiger partial charge is 0.392 e. The van der Waals surface area contributed by atoms with Crippen LogP contribution in [-0.4, -0.2) is 17.8 Å². The third-order valence-electron chi connectivity index (χ3n) is 4.04. The molecule has 0 aromatic heterocycles. The molecule has 0 radical (unpaired) electrons. The predicted octanol–water partition coefficient (Wildman–Crippen LogP) is 5.51. The van der Waals surface area contributed by atoms with Gasteiger partial charge in [0.25, 0.3) is 0 Å². The molecule has 0 aromatic carbocycles. The zero-order valence-corrected chi connectivity index (χ0v) is 14.8. The van der Waals surface area contributed by atoms with E-state index in [0.29, 0.717) is 0 Å². The zero-order valence-electron chi connectivity index (χ0n) is 14.8. The summed E-state index contributed by atoms with van der Waals surface area (Å²) in [4.78, 5) is 0. The van der Waals surface area contributed by atoms with Gasteiger partial charge in [0.2, 0.25) is 0 Å². The Morgan fingerprint density at radius 2 is 1.36 bits per heavy atom. The van der Waals surface area contributed by atoms with Crippen molar-refractivity contribution < 1.29 is 5.11 Å². The van der Waals surface area contributed by atoms with Gasteiger partial charge in [0, 0.05) is 6.04 Å². The number of hydrogen-bond acceptors (Lipinski definition) is 2. The standard InChI is InChI=1S/C20H39NO/c1-2-3-4-5-6-8-11-14-17-20(21)18-15-12-9-7-10-13-16-19-22/h13-14,16-17,20,22H,2-12,15,18-19,21H2,1H3/b16-13?,17-14-. The Labute approximate surface area is 138 Å². The highest BCUT2D eigenvalue weighted by molar-refractivity contribution is 4.91. The predicted molar refractivity (Wildman–Crippen MR) is 99.0 cm³/mol. The molecule has 0 bridgehead atoms. The third-order valence-corrected chi connectivity index (χ3v) is 4.04. The first-order valence-corrected chi connectivity index (χ1v) is 9.49. The second-order valence-corrected chi connectivity index (χ2v) is 6.29. The van der Waals surface area contributed by atoms with E-state index in [1.54, 1.807) is 0 Å². The number of aliphatic hydroxyl groups is 1. The van der Waals surface area contributed by atoms with E-state index in [2.05, 4.69) is 25.2 Å². The fraction of sp³-hybridized carbons (Fsp3) is 0.800. The van der Waals surface area contributed by atoms with E-state index in [1.165, 1.54) is 70.6 Å². The first kappa shape index (κ1) is 21.4. The highest BCUT2D eigenvalue weighted by atomic mass is 16.2. The second kappa shape index (κ2) is 18.4. The van der Waals surface area contributed by atoms with Crippen molar-refractivity contribution in [2.45, 2.75) is 96.4 Å². The van der Waals surface area contributed by atoms with Crippen molar-refractivity contribution >= 4 is 0 Å². The van der Waals surface area contributed by atoms with Crippen LogP contribution >= 0.6 is 0 Å². The van der Waals surface area contributed by atoms with Crippen molar-refractivity contribution in [3.05, 3.63) is 24.3 Å². The lowest BCUT2D eigenvalue weighted by Gasteiger charge is -2.06. The van der Waals surface area contributed by atoms with E-state index < -0.39 is 0 Å². The fourth-order valence-corrected chi connectivity index (χ4v) is 2.60. The lowest BCUT2D eigenvalue weighted by molar-refractivity contribution is 0.342. The van der Waals surface area contributed by atoms with Crippen molar-refractivity contribution in [3.63, 3.8) is 0 Å². The Balaban J connectivity index is 3.29. The molecule has 3 N–H and O–H groups in total. The first-order chi connectivity index (χ1) is 10.8. The Morgan fingerprint density at radius 3 is 2.05 bits per heavy atom. The van der Waals surface area contributed by atoms with Gasteiger partial charge in [0.05, 0.1) is 6.61 Å². The Bertz CT molecular complexity index is 260. The van der Waals surface area contributed by atoms with E-state index in [4.69, 9.17) is 10.8 Å². The summed E-state index contributed by atoms with van der Waals surface area (Å²) in [5.74, 6) is 0. The SMILES string of the molecule is CCCCCCCC/C=C\C(N)CCCCCCC=CCO. The maximum Gasteiger partial charge on any atom is 0.0612 e. The summed E-state index contributed by atoms with van der Waals surface area (Å²) >= 11 is 0. The molecule has 22 heavy (non-hydrogen) atoms. The molecular weight excluding hydrogens is 270 g/mol. The van der Waals surface area contributed by atoms with Crippen molar-refractivity contribution in [2.75, 3.05) is 6.61 Å². The van der Waals surface area contributed by atoms with Crippen LogP contribution in [0.4, 0.5) is 0 Å². The van der Waals surface area contributed by atoms with Crippen LogP contribution in [0.5, 0.6) is 0 Å². The summed E-state index contributed by atoms with van der Waals surface area (Å²) in [6, 6.07) is 0.245. The maximum atomic E-state index is 8.61. The topological polar surface area (TPSA) is 46.2 Å². The molecule has 0 aromatic rings. The molecule has 0 aliphatic rings. The number of aliphatic hydroxyl groups excluding tert-OH is 1. The van der Waals surface area contributed by atoms with Gasteiger partial charge < -0.3 is 10.8 Å². The smallest absolute Gasteiger partial charge is 0.0612 e. The molecule has 130 valence electrons. The van der Waals surface area contributed by atoms with E-state index in [1.807, 2.05) is 6.08 Å². The van der Waals surface area contributed by atoms with Gasteiger partial charge in [-0.3, -0.25) is 0 Å². The summed E-state index contributed by atoms with van der Waals surface area (Å²) in [5.41, 5.74) is 6.11. The highest BCUT2D eigenvalue weighted by Gasteiger charge is 1.97. The van der Waals surface area contributed by atoms with Crippen LogP contribution in [0.1, 0.15) is 90.4 Å². The number of allylic oxidation sites excluding steroid dienone is 2. The highest BCUT2D eigenvalue weighted by Crippen LogP contribution is 2.09. The molecule has 0 saturated carbocycles. The van der Waals surface area contributed by atoms with Gasteiger partial charge >= 0.3 is 0 Å². The van der Waals surface area contributed by atoms with Gasteiger partial charge in [-0.05, 0) is 32.1 Å². The third kappa shape index (κ3) is 17.5. The summed E-state index contributed by atoms with van der Waals surface area (Å²) in [5, 5.41) is 8.61. The van der Waals surface area contributed by atoms with Crippen LogP contribution in [0, 0.1) is 0 Å². The quantitative estimate of drug-likeness (QED) is 0.292. The van der Waals surface area contributed by atoms with E-state index in [0.717, 1.165) is 12.8 Å². The maximum absolute atomic E-state index is 8.61. The number of hydrogen-bond donors (Lipinski definition) is 2. The Kier molecular flexibility index (Phi) is 17.9. The normalized spacial score (nSPS) is 13.4. The molecule has 0 aliphatic carbocycles. The molecule has 0 spiro atoms. The van der Waals surface area contributed by atoms with E-state index in [9.17, 15) is 0 Å². The number of rotatable bonds is 16. The monoisotopic (exact) mass is 309 g/mol. The van der Waals surface area contributed by atoms with Crippen LogP contribution in [0.15, 0.2) is 24.3 Å². The fourth-order valence-electron chi connectivity index (χ4n) is 2.60. The van der Waals surface area contributed by atoms with Crippen LogP contribution in [0.25, 0.3) is 0 Å². The van der Waals surface area contributed by atoms with Crippen LogP contribution in [0.2, 0.25) is 0 Å². The van der Waals surface area contributed by atoms with Crippen molar-refractivity contribution in [2.24, 2.45) is 5.73 Å². The van der Waals surface area contributed by atoms with Gasteiger partial charge in [-0.25, -0.2) is 0 Å².